The van der Waals surface area contributed by atoms with Gasteiger partial charge in [-0.3, -0.25) is 4.79 Å². The van der Waals surface area contributed by atoms with Crippen LogP contribution in [0.2, 0.25) is 0 Å². The normalized spacial score (nSPS) is 16.4. The molecule has 0 saturated carbocycles. The summed E-state index contributed by atoms with van der Waals surface area (Å²) in [6.45, 7) is 9.07. The van der Waals surface area contributed by atoms with Gasteiger partial charge in [-0.15, -0.1) is 0 Å². The fourth-order valence-corrected chi connectivity index (χ4v) is 4.54. The van der Waals surface area contributed by atoms with Crippen molar-refractivity contribution in [2.75, 3.05) is 29.9 Å². The molecule has 0 spiro atoms. The fraction of sp³-hybridized carbons (Fsp3) is 0.308. The van der Waals surface area contributed by atoms with Gasteiger partial charge in [-0.2, -0.15) is 4.98 Å². The molecule has 1 aliphatic rings. The molecule has 190 valence electrons. The van der Waals surface area contributed by atoms with E-state index < -0.39 is 5.91 Å². The second-order valence-electron chi connectivity index (χ2n) is 9.18. The molecule has 5 rings (SSSR count). The van der Waals surface area contributed by atoms with Crippen LogP contribution in [0.15, 0.2) is 53.4 Å². The summed E-state index contributed by atoms with van der Waals surface area (Å²) < 4.78 is 4.94. The van der Waals surface area contributed by atoms with E-state index in [1.54, 1.807) is 0 Å². The maximum Gasteiger partial charge on any atom is 0.315 e. The van der Waals surface area contributed by atoms with Gasteiger partial charge < -0.3 is 25.8 Å². The van der Waals surface area contributed by atoms with E-state index in [1.165, 1.54) is 6.33 Å². The molecule has 1 aliphatic heterocycles. The molecule has 1 amide bonds. The van der Waals surface area contributed by atoms with Crippen molar-refractivity contribution in [3.63, 3.8) is 0 Å². The molecule has 1 fully saturated rings. The Morgan fingerprint density at radius 2 is 2.05 bits per heavy atom. The van der Waals surface area contributed by atoms with Crippen molar-refractivity contribution in [3.05, 3.63) is 71.8 Å². The molecule has 11 heteroatoms. The van der Waals surface area contributed by atoms with E-state index in [2.05, 4.69) is 59.7 Å². The maximum absolute atomic E-state index is 11.3. The Morgan fingerprint density at radius 1 is 1.19 bits per heavy atom. The number of carbonyl (C=O) groups is 1. The Kier molecular flexibility index (Phi) is 6.78. The van der Waals surface area contributed by atoms with E-state index in [0.29, 0.717) is 23.5 Å². The molecule has 3 aromatic heterocycles. The molecular formula is C26H29N9O2. The van der Waals surface area contributed by atoms with Crippen LogP contribution in [-0.2, 0) is 0 Å². The molecule has 0 bridgehead atoms. The third-order valence-corrected chi connectivity index (χ3v) is 6.58. The van der Waals surface area contributed by atoms with Gasteiger partial charge in [0.15, 0.2) is 5.82 Å². The van der Waals surface area contributed by atoms with Gasteiger partial charge in [0.25, 0.3) is 0 Å². The highest BCUT2D eigenvalue weighted by Crippen LogP contribution is 2.29. The van der Waals surface area contributed by atoms with Gasteiger partial charge >= 0.3 is 11.8 Å². The summed E-state index contributed by atoms with van der Waals surface area (Å²) in [5.74, 6) is 0.662. The number of nitrogens with two attached hydrogens (primary N) is 1. The zero-order chi connectivity index (χ0) is 25.9. The lowest BCUT2D eigenvalue weighted by Crippen LogP contribution is -2.49. The fourth-order valence-electron chi connectivity index (χ4n) is 4.54. The van der Waals surface area contributed by atoms with E-state index in [4.69, 9.17) is 10.3 Å². The first-order valence-corrected chi connectivity index (χ1v) is 12.2. The number of anilines is 3. The lowest BCUT2D eigenvalue weighted by atomic mass is 9.93. The first-order chi connectivity index (χ1) is 17.9. The molecule has 2 atom stereocenters. The van der Waals surface area contributed by atoms with Crippen LogP contribution in [0.3, 0.4) is 0 Å². The van der Waals surface area contributed by atoms with Crippen LogP contribution in [0.5, 0.6) is 0 Å². The molecule has 0 radical (unpaired) electrons. The highest BCUT2D eigenvalue weighted by molar-refractivity contribution is 5.87. The number of hydrogen-bond acceptors (Lipinski definition) is 10. The lowest BCUT2D eigenvalue weighted by molar-refractivity contribution is 0.0958. The molecule has 4 aromatic rings. The number of benzene rings is 1. The number of aryl methyl sites for hydroxylation is 1. The lowest BCUT2D eigenvalue weighted by Gasteiger charge is -2.35. The van der Waals surface area contributed by atoms with Crippen LogP contribution in [-0.4, -0.2) is 56.7 Å². The third kappa shape index (κ3) is 5.26. The van der Waals surface area contributed by atoms with E-state index in [0.717, 1.165) is 47.7 Å². The van der Waals surface area contributed by atoms with Crippen molar-refractivity contribution in [2.45, 2.75) is 32.7 Å². The minimum atomic E-state index is -0.744. The topological polar surface area (TPSA) is 148 Å². The van der Waals surface area contributed by atoms with Gasteiger partial charge in [-0.05, 0) is 43.2 Å². The van der Waals surface area contributed by atoms with E-state index in [9.17, 15) is 4.79 Å². The van der Waals surface area contributed by atoms with Crippen molar-refractivity contribution < 1.29 is 9.32 Å². The number of primary amides is 1. The molecule has 37 heavy (non-hydrogen) atoms. The zero-order valence-corrected chi connectivity index (χ0v) is 21.0. The number of carbonyl (C=O) groups excluding carboxylic acids is 1. The van der Waals surface area contributed by atoms with Crippen LogP contribution in [0.4, 0.5) is 17.3 Å². The van der Waals surface area contributed by atoms with Crippen LogP contribution in [0.1, 0.15) is 47.4 Å². The quantitative estimate of drug-likeness (QED) is 0.346. The standard InChI is InChI=1S/C26H29N9O2/c1-15-10-18(4-6-20(15)17(3)25-33-26(24(27)36)37-34-25)21-11-23(31-14-30-21)32-22-7-5-19(13-29-22)35-9-8-28-12-16(35)2/h4-7,10-11,13-14,16-17,28H,8-9,12H2,1-3H3,(H2,27,36)(H,29,30,31,32)/t16-,17+/m0/s1. The van der Waals surface area contributed by atoms with Gasteiger partial charge in [0.05, 0.1) is 17.6 Å². The zero-order valence-electron chi connectivity index (χ0n) is 21.0. The minimum absolute atomic E-state index is 0.174. The number of piperazine rings is 1. The SMILES string of the molecule is Cc1cc(-c2cc(Nc3ccc(N4CCNC[C@@H]4C)cn3)ncn2)ccc1[C@@H](C)c1noc(C(N)=O)n1. The number of nitrogens with one attached hydrogen (secondary N) is 2. The van der Waals surface area contributed by atoms with Crippen molar-refractivity contribution in [2.24, 2.45) is 5.73 Å². The summed E-state index contributed by atoms with van der Waals surface area (Å²) >= 11 is 0. The van der Waals surface area contributed by atoms with E-state index >= 15 is 0 Å². The summed E-state index contributed by atoms with van der Waals surface area (Å²) in [4.78, 5) is 31.1. The van der Waals surface area contributed by atoms with E-state index in [-0.39, 0.29) is 11.8 Å². The Balaban J connectivity index is 1.31. The number of rotatable bonds is 7. The highest BCUT2D eigenvalue weighted by atomic mass is 16.5. The van der Waals surface area contributed by atoms with Crippen LogP contribution < -0.4 is 21.3 Å². The number of amides is 1. The summed E-state index contributed by atoms with van der Waals surface area (Å²) in [6.07, 6.45) is 3.43. The number of aromatic nitrogens is 5. The largest absolute Gasteiger partial charge is 0.365 e. The number of pyridine rings is 1. The predicted octanol–water partition coefficient (Wildman–Crippen LogP) is 3.02. The first kappa shape index (κ1) is 24.3. The summed E-state index contributed by atoms with van der Waals surface area (Å²) in [6, 6.07) is 12.4. The average Bonchev–Trinajstić information content (AvgIpc) is 3.40. The van der Waals surface area contributed by atoms with Gasteiger partial charge in [-0.25, -0.2) is 15.0 Å². The second kappa shape index (κ2) is 10.3. The Hall–Kier alpha value is -4.38. The minimum Gasteiger partial charge on any atom is -0.365 e. The van der Waals surface area contributed by atoms with Crippen LogP contribution >= 0.6 is 0 Å². The molecule has 1 aromatic carbocycles. The first-order valence-electron chi connectivity index (χ1n) is 12.2. The summed E-state index contributed by atoms with van der Waals surface area (Å²) in [7, 11) is 0. The van der Waals surface area contributed by atoms with Crippen molar-refractivity contribution in [3.8, 4) is 11.3 Å². The Labute approximate surface area is 214 Å². The van der Waals surface area contributed by atoms with Gasteiger partial charge in [0.1, 0.15) is 18.0 Å². The van der Waals surface area contributed by atoms with Crippen molar-refractivity contribution in [1.29, 1.82) is 0 Å². The summed E-state index contributed by atoms with van der Waals surface area (Å²) in [5, 5.41) is 10.6. The third-order valence-electron chi connectivity index (χ3n) is 6.58. The monoisotopic (exact) mass is 499 g/mol. The molecule has 1 saturated heterocycles. The van der Waals surface area contributed by atoms with Crippen LogP contribution in [0, 0.1) is 6.92 Å². The Morgan fingerprint density at radius 3 is 2.76 bits per heavy atom. The molecular weight excluding hydrogens is 470 g/mol. The molecule has 4 heterocycles. The molecule has 11 nitrogen and oxygen atoms in total. The second-order valence-corrected chi connectivity index (χ2v) is 9.18. The maximum atomic E-state index is 11.3. The summed E-state index contributed by atoms with van der Waals surface area (Å²) in [5.41, 5.74) is 10.1. The van der Waals surface area contributed by atoms with Gasteiger partial charge in [0.2, 0.25) is 0 Å². The molecule has 0 aliphatic carbocycles. The molecule has 4 N–H and O–H groups in total. The smallest absolute Gasteiger partial charge is 0.315 e. The Bertz CT molecular complexity index is 1400. The average molecular weight is 500 g/mol. The van der Waals surface area contributed by atoms with E-state index in [1.807, 2.05) is 44.3 Å². The van der Waals surface area contributed by atoms with Crippen molar-refractivity contribution in [1.82, 2.24) is 30.4 Å². The van der Waals surface area contributed by atoms with Gasteiger partial charge in [-0.1, -0.05) is 24.2 Å². The molecule has 0 unspecified atom stereocenters. The van der Waals surface area contributed by atoms with Gasteiger partial charge in [0, 0.05) is 43.2 Å². The van der Waals surface area contributed by atoms with Crippen LogP contribution in [0.25, 0.3) is 11.3 Å². The highest BCUT2D eigenvalue weighted by Gasteiger charge is 2.20. The number of nitrogens with zero attached hydrogens (tertiary/aromatic N) is 6. The predicted molar refractivity (Wildman–Crippen MR) is 140 cm³/mol. The van der Waals surface area contributed by atoms with Crippen molar-refractivity contribution >= 4 is 23.2 Å². The number of hydrogen-bond donors (Lipinski definition) is 3.